The van der Waals surface area contributed by atoms with Crippen molar-refractivity contribution in [1.82, 2.24) is 0 Å². The van der Waals surface area contributed by atoms with Crippen LogP contribution < -0.4 is 4.74 Å². The zero-order valence-corrected chi connectivity index (χ0v) is 19.4. The van der Waals surface area contributed by atoms with E-state index in [1.54, 1.807) is 30.3 Å². The molecule has 0 N–H and O–H groups in total. The lowest BCUT2D eigenvalue weighted by atomic mass is 10.00. The summed E-state index contributed by atoms with van der Waals surface area (Å²) in [5.74, 6) is -1.49. The summed E-state index contributed by atoms with van der Waals surface area (Å²) >= 11 is 0. The molecule has 4 heteroatoms. The molecule has 0 aliphatic rings. The molecule has 0 atom stereocenters. The molecule has 0 heterocycles. The Kier molecular flexibility index (Phi) is 7.36. The second kappa shape index (κ2) is 10.6. The van der Waals surface area contributed by atoms with E-state index < -0.39 is 11.6 Å². The molecule has 0 radical (unpaired) electrons. The van der Waals surface area contributed by atoms with E-state index in [4.69, 9.17) is 4.74 Å². The lowest BCUT2D eigenvalue weighted by Gasteiger charge is -2.11. The van der Waals surface area contributed by atoms with E-state index in [1.165, 1.54) is 11.6 Å². The highest BCUT2D eigenvalue weighted by atomic mass is 19.2. The van der Waals surface area contributed by atoms with Gasteiger partial charge in [-0.2, -0.15) is 0 Å². The Hall–Kier alpha value is -3.53. The number of hydrogen-bond donors (Lipinski definition) is 0. The molecule has 0 aromatic heterocycles. The van der Waals surface area contributed by atoms with Crippen LogP contribution in [0.1, 0.15) is 37.0 Å². The molecular weight excluding hydrogens is 433 g/mol. The second-order valence-corrected chi connectivity index (χ2v) is 8.32. The van der Waals surface area contributed by atoms with Gasteiger partial charge in [0.1, 0.15) is 18.2 Å². The first-order chi connectivity index (χ1) is 16.5. The van der Waals surface area contributed by atoms with Crippen molar-refractivity contribution in [2.75, 3.05) is 0 Å². The quantitative estimate of drug-likeness (QED) is 0.256. The van der Waals surface area contributed by atoms with Crippen molar-refractivity contribution in [3.8, 4) is 28.0 Å². The van der Waals surface area contributed by atoms with E-state index in [0.29, 0.717) is 23.3 Å². The van der Waals surface area contributed by atoms with Crippen LogP contribution in [0.3, 0.4) is 0 Å². The highest BCUT2D eigenvalue weighted by Crippen LogP contribution is 2.29. The standard InChI is InChI=1S/C30H27F3O/c1-3-5-20-6-8-23(9-7-20)27-17-14-25(29(32)30(27)33)19-34-26-15-12-22(13-16-26)24-11-10-21(4-2)28(31)18-24/h6-18H,3-5,19H2,1-2H3. The third-order valence-corrected chi connectivity index (χ3v) is 5.98. The normalized spacial score (nSPS) is 11.0. The van der Waals surface area contributed by atoms with Gasteiger partial charge in [-0.1, -0.05) is 80.9 Å². The number of ether oxygens (including phenoxy) is 1. The summed E-state index contributed by atoms with van der Waals surface area (Å²) in [4.78, 5) is 0. The monoisotopic (exact) mass is 460 g/mol. The lowest BCUT2D eigenvalue weighted by Crippen LogP contribution is -2.02. The van der Waals surface area contributed by atoms with Crippen molar-refractivity contribution < 1.29 is 17.9 Å². The van der Waals surface area contributed by atoms with Gasteiger partial charge in [-0.3, -0.25) is 0 Å². The average molecular weight is 461 g/mol. The molecule has 0 saturated heterocycles. The first kappa shape index (κ1) is 23.6. The van der Waals surface area contributed by atoms with E-state index in [-0.39, 0.29) is 23.6 Å². The summed E-state index contributed by atoms with van der Waals surface area (Å²) < 4.78 is 49.3. The Balaban J connectivity index is 1.45. The molecule has 0 fully saturated rings. The van der Waals surface area contributed by atoms with Crippen molar-refractivity contribution in [2.24, 2.45) is 0 Å². The van der Waals surface area contributed by atoms with Gasteiger partial charge in [0.25, 0.3) is 0 Å². The predicted octanol–water partition coefficient (Wildman–Crippen LogP) is 8.53. The molecule has 4 aromatic rings. The molecular formula is C30H27F3O. The molecule has 0 unspecified atom stereocenters. The van der Waals surface area contributed by atoms with Gasteiger partial charge in [0.15, 0.2) is 11.6 Å². The van der Waals surface area contributed by atoms with Crippen LogP contribution in [0.5, 0.6) is 5.75 Å². The van der Waals surface area contributed by atoms with Crippen LogP contribution in [0.2, 0.25) is 0 Å². The highest BCUT2D eigenvalue weighted by molar-refractivity contribution is 5.66. The van der Waals surface area contributed by atoms with E-state index >= 15 is 0 Å². The molecule has 34 heavy (non-hydrogen) atoms. The molecule has 4 rings (SSSR count). The average Bonchev–Trinajstić information content (AvgIpc) is 2.86. The van der Waals surface area contributed by atoms with Gasteiger partial charge in [-0.15, -0.1) is 0 Å². The topological polar surface area (TPSA) is 9.23 Å². The van der Waals surface area contributed by atoms with Gasteiger partial charge >= 0.3 is 0 Å². The summed E-state index contributed by atoms with van der Waals surface area (Å²) in [6.07, 6.45) is 2.63. The minimum atomic E-state index is -0.904. The van der Waals surface area contributed by atoms with Crippen molar-refractivity contribution in [3.63, 3.8) is 0 Å². The molecule has 174 valence electrons. The van der Waals surface area contributed by atoms with Gasteiger partial charge in [0, 0.05) is 11.1 Å². The van der Waals surface area contributed by atoms with Gasteiger partial charge < -0.3 is 4.74 Å². The van der Waals surface area contributed by atoms with E-state index in [9.17, 15) is 13.2 Å². The molecule has 0 spiro atoms. The summed E-state index contributed by atoms with van der Waals surface area (Å²) in [7, 11) is 0. The minimum Gasteiger partial charge on any atom is -0.489 e. The lowest BCUT2D eigenvalue weighted by molar-refractivity contribution is 0.297. The van der Waals surface area contributed by atoms with Gasteiger partial charge in [-0.25, -0.2) is 13.2 Å². The van der Waals surface area contributed by atoms with Gasteiger partial charge in [-0.05, 0) is 58.9 Å². The Morgan fingerprint density at radius 3 is 1.94 bits per heavy atom. The van der Waals surface area contributed by atoms with Crippen LogP contribution in [-0.4, -0.2) is 0 Å². The van der Waals surface area contributed by atoms with Crippen molar-refractivity contribution in [1.29, 1.82) is 0 Å². The van der Waals surface area contributed by atoms with Gasteiger partial charge in [0.2, 0.25) is 0 Å². The maximum absolute atomic E-state index is 14.8. The molecule has 0 bridgehead atoms. The number of hydrogen-bond acceptors (Lipinski definition) is 1. The Morgan fingerprint density at radius 1 is 0.647 bits per heavy atom. The Bertz CT molecular complexity index is 1260. The smallest absolute Gasteiger partial charge is 0.167 e. The molecule has 0 saturated carbocycles. The van der Waals surface area contributed by atoms with E-state index in [2.05, 4.69) is 6.92 Å². The third kappa shape index (κ3) is 5.17. The summed E-state index contributed by atoms with van der Waals surface area (Å²) in [6.45, 7) is 3.92. The zero-order valence-electron chi connectivity index (χ0n) is 19.4. The van der Waals surface area contributed by atoms with Crippen molar-refractivity contribution >= 4 is 0 Å². The van der Waals surface area contributed by atoms with Crippen LogP contribution in [0.4, 0.5) is 13.2 Å². The number of halogens is 3. The van der Waals surface area contributed by atoms with E-state index in [1.807, 2.05) is 49.4 Å². The van der Waals surface area contributed by atoms with Crippen LogP contribution >= 0.6 is 0 Å². The number of rotatable bonds is 8. The maximum atomic E-state index is 14.8. The zero-order chi connectivity index (χ0) is 24.1. The molecule has 0 aliphatic carbocycles. The number of aryl methyl sites for hydroxylation is 2. The fourth-order valence-electron chi connectivity index (χ4n) is 3.98. The predicted molar refractivity (Wildman–Crippen MR) is 131 cm³/mol. The maximum Gasteiger partial charge on any atom is 0.167 e. The SMILES string of the molecule is CCCc1ccc(-c2ccc(COc3ccc(-c4ccc(CC)c(F)c4)cc3)c(F)c2F)cc1. The largest absolute Gasteiger partial charge is 0.489 e. The van der Waals surface area contributed by atoms with E-state index in [0.717, 1.165) is 24.0 Å². The van der Waals surface area contributed by atoms with Crippen LogP contribution in [0.25, 0.3) is 22.3 Å². The third-order valence-electron chi connectivity index (χ3n) is 5.98. The first-order valence-electron chi connectivity index (χ1n) is 11.6. The molecule has 4 aromatic carbocycles. The molecule has 1 nitrogen and oxygen atoms in total. The fraction of sp³-hybridized carbons (Fsp3) is 0.200. The minimum absolute atomic E-state index is 0.0996. The summed E-state index contributed by atoms with van der Waals surface area (Å²) in [6, 6.07) is 23.0. The van der Waals surface area contributed by atoms with Crippen molar-refractivity contribution in [2.45, 2.75) is 39.7 Å². The molecule has 0 aliphatic heterocycles. The highest BCUT2D eigenvalue weighted by Gasteiger charge is 2.15. The van der Waals surface area contributed by atoms with Crippen LogP contribution in [-0.2, 0) is 19.4 Å². The fourth-order valence-corrected chi connectivity index (χ4v) is 3.98. The molecule has 0 amide bonds. The second-order valence-electron chi connectivity index (χ2n) is 8.32. The Morgan fingerprint density at radius 2 is 1.29 bits per heavy atom. The van der Waals surface area contributed by atoms with Gasteiger partial charge in [0.05, 0.1) is 0 Å². The number of benzene rings is 4. The Labute approximate surface area is 198 Å². The first-order valence-corrected chi connectivity index (χ1v) is 11.6. The summed E-state index contributed by atoms with van der Waals surface area (Å²) in [5, 5.41) is 0. The van der Waals surface area contributed by atoms with Crippen LogP contribution in [0, 0.1) is 17.5 Å². The summed E-state index contributed by atoms with van der Waals surface area (Å²) in [5.41, 5.74) is 4.49. The van der Waals surface area contributed by atoms with Crippen molar-refractivity contribution in [3.05, 3.63) is 113 Å². The van der Waals surface area contributed by atoms with Crippen LogP contribution in [0.15, 0.2) is 78.9 Å².